The van der Waals surface area contributed by atoms with Crippen LogP contribution in [-0.2, 0) is 23.2 Å². The van der Waals surface area contributed by atoms with Gasteiger partial charge in [0, 0.05) is 6.42 Å². The molecule has 1 aromatic heterocycles. The normalized spacial score (nSPS) is 10.1. The summed E-state index contributed by atoms with van der Waals surface area (Å²) in [5.41, 5.74) is 0. The molecule has 0 aliphatic carbocycles. The highest BCUT2D eigenvalue weighted by Crippen LogP contribution is 2.09. The average Bonchev–Trinajstić information content (AvgIpc) is 2.81. The van der Waals surface area contributed by atoms with Crippen LogP contribution in [0.15, 0.2) is 12.4 Å². The number of nitrogens with zero attached hydrogens (tertiary/aromatic N) is 1. The number of ether oxygens (including phenoxy) is 1. The number of aromatic amines is 1. The summed E-state index contributed by atoms with van der Waals surface area (Å²) in [6, 6.07) is 0. The Labute approximate surface area is 132 Å². The van der Waals surface area contributed by atoms with E-state index in [1.54, 1.807) is 0 Å². The van der Waals surface area contributed by atoms with Crippen molar-refractivity contribution in [2.75, 3.05) is 0 Å². The minimum absolute atomic E-state index is 0. The number of aromatic nitrogens is 2. The summed E-state index contributed by atoms with van der Waals surface area (Å²) in [6.07, 6.45) is 12.8. The van der Waals surface area contributed by atoms with E-state index in [1.165, 1.54) is 32.1 Å². The molecular weight excluding hydrogens is 320 g/mol. The first-order valence-electron chi connectivity index (χ1n) is 7.41. The number of carbonyl (C=O) groups excluding carboxylic acids is 1. The maximum Gasteiger partial charge on any atom is 0.306 e. The van der Waals surface area contributed by atoms with E-state index in [0.29, 0.717) is 13.0 Å². The van der Waals surface area contributed by atoms with Crippen LogP contribution in [-0.4, -0.2) is 11.0 Å². The van der Waals surface area contributed by atoms with Crippen LogP contribution in [0.5, 0.6) is 0 Å². The van der Waals surface area contributed by atoms with Gasteiger partial charge in [-0.15, -0.1) is 0 Å². The minimum Gasteiger partial charge on any atom is -1.00 e. The largest absolute Gasteiger partial charge is 1.00 e. The van der Waals surface area contributed by atoms with Gasteiger partial charge in [0.2, 0.25) is 0 Å². The fourth-order valence-electron chi connectivity index (χ4n) is 2.03. The summed E-state index contributed by atoms with van der Waals surface area (Å²) in [6.45, 7) is 2.55. The second kappa shape index (κ2) is 11.9. The lowest BCUT2D eigenvalue weighted by Crippen LogP contribution is -3.00. The van der Waals surface area contributed by atoms with E-state index in [9.17, 15) is 4.79 Å². The molecule has 0 amide bonds. The summed E-state index contributed by atoms with van der Waals surface area (Å²) < 4.78 is 7.14. The second-order valence-electron chi connectivity index (χ2n) is 5.05. The highest BCUT2D eigenvalue weighted by molar-refractivity contribution is 5.69. The van der Waals surface area contributed by atoms with Crippen LogP contribution in [0, 0.1) is 0 Å². The molecule has 20 heavy (non-hydrogen) atoms. The van der Waals surface area contributed by atoms with Crippen molar-refractivity contribution < 1.29 is 31.1 Å². The maximum atomic E-state index is 11.5. The monoisotopic (exact) mass is 346 g/mol. The molecule has 0 radical (unpaired) electrons. The van der Waals surface area contributed by atoms with Gasteiger partial charge in [0.1, 0.15) is 12.4 Å². The number of H-pyrrole nitrogens is 1. The van der Waals surface area contributed by atoms with Crippen molar-refractivity contribution in [3.05, 3.63) is 18.2 Å². The van der Waals surface area contributed by atoms with Gasteiger partial charge < -0.3 is 21.7 Å². The fourth-order valence-corrected chi connectivity index (χ4v) is 2.03. The minimum atomic E-state index is -0.0943. The number of unbranched alkanes of at least 4 members (excludes halogenated alkanes) is 6. The Morgan fingerprint density at radius 2 is 1.85 bits per heavy atom. The number of hydrogen-bond acceptors (Lipinski definition) is 2. The van der Waals surface area contributed by atoms with Gasteiger partial charge in [-0.25, -0.2) is 9.55 Å². The van der Waals surface area contributed by atoms with E-state index in [1.807, 2.05) is 24.0 Å². The van der Waals surface area contributed by atoms with Crippen LogP contribution < -0.4 is 21.5 Å². The van der Waals surface area contributed by atoms with Crippen LogP contribution in [0.2, 0.25) is 0 Å². The van der Waals surface area contributed by atoms with E-state index >= 15 is 0 Å². The second-order valence-corrected chi connectivity index (χ2v) is 5.05. The van der Waals surface area contributed by atoms with Gasteiger partial charge in [-0.3, -0.25) is 4.79 Å². The maximum absolute atomic E-state index is 11.5. The number of aryl methyl sites for hydroxylation is 1. The SMILES string of the molecule is CCCCCCCCCC(=O)OCc1[nH]cc[n+]1C.[Br-]. The van der Waals surface area contributed by atoms with Crippen LogP contribution in [0.1, 0.15) is 64.1 Å². The van der Waals surface area contributed by atoms with E-state index < -0.39 is 0 Å². The smallest absolute Gasteiger partial charge is 0.306 e. The number of rotatable bonds is 10. The molecule has 1 aromatic rings. The Hall–Kier alpha value is -0.840. The van der Waals surface area contributed by atoms with Crippen LogP contribution in [0.3, 0.4) is 0 Å². The van der Waals surface area contributed by atoms with Gasteiger partial charge in [0.05, 0.1) is 7.05 Å². The molecule has 5 heteroatoms. The fraction of sp³-hybridized carbons (Fsp3) is 0.733. The third kappa shape index (κ3) is 8.35. The standard InChI is InChI=1S/C15H26N2O2.BrH/c1-3-4-5-6-7-8-9-10-15(18)19-13-14-16-11-12-17(14)2;/h11-12H,3-10,13H2,1-2H3;1H. The summed E-state index contributed by atoms with van der Waals surface area (Å²) in [7, 11) is 1.93. The van der Waals surface area contributed by atoms with E-state index in [2.05, 4.69) is 11.9 Å². The molecular formula is C15H27BrN2O2. The van der Waals surface area contributed by atoms with Crippen molar-refractivity contribution in [2.45, 2.75) is 64.9 Å². The Balaban J connectivity index is 0.00000361. The third-order valence-corrected chi connectivity index (χ3v) is 3.33. The van der Waals surface area contributed by atoms with Crippen molar-refractivity contribution in [1.82, 2.24) is 4.98 Å². The lowest BCUT2D eigenvalue weighted by atomic mass is 10.1. The van der Waals surface area contributed by atoms with E-state index in [4.69, 9.17) is 4.74 Å². The highest BCUT2D eigenvalue weighted by atomic mass is 79.9. The average molecular weight is 347 g/mol. The Morgan fingerprint density at radius 3 is 2.45 bits per heavy atom. The molecule has 0 saturated heterocycles. The van der Waals surface area contributed by atoms with Gasteiger partial charge in [-0.05, 0) is 6.42 Å². The lowest BCUT2D eigenvalue weighted by molar-refractivity contribution is -0.679. The first-order chi connectivity index (χ1) is 9.24. The summed E-state index contributed by atoms with van der Waals surface area (Å²) in [5.74, 6) is 0.816. The Bertz CT molecular complexity index is 367. The number of esters is 1. The molecule has 0 aromatic carbocycles. The van der Waals surface area contributed by atoms with Gasteiger partial charge in [0.15, 0.2) is 6.61 Å². The molecule has 1 rings (SSSR count). The zero-order chi connectivity index (χ0) is 13.9. The van der Waals surface area contributed by atoms with Gasteiger partial charge >= 0.3 is 5.97 Å². The molecule has 0 unspecified atom stereocenters. The van der Waals surface area contributed by atoms with Crippen LogP contribution in [0.25, 0.3) is 0 Å². The Kier molecular flexibility index (Phi) is 11.4. The summed E-state index contributed by atoms with van der Waals surface area (Å²) in [5, 5.41) is 0. The molecule has 0 bridgehead atoms. The molecule has 0 aliphatic rings. The highest BCUT2D eigenvalue weighted by Gasteiger charge is 2.10. The first kappa shape index (κ1) is 19.2. The van der Waals surface area contributed by atoms with E-state index in [-0.39, 0.29) is 23.0 Å². The van der Waals surface area contributed by atoms with Crippen LogP contribution in [0.4, 0.5) is 0 Å². The molecule has 0 saturated carbocycles. The zero-order valence-corrected chi connectivity index (χ0v) is 14.2. The number of carbonyl (C=O) groups is 1. The third-order valence-electron chi connectivity index (χ3n) is 3.33. The summed E-state index contributed by atoms with van der Waals surface area (Å²) in [4.78, 5) is 14.6. The predicted molar refractivity (Wildman–Crippen MR) is 74.4 cm³/mol. The van der Waals surface area contributed by atoms with Crippen molar-refractivity contribution in [1.29, 1.82) is 0 Å². The zero-order valence-electron chi connectivity index (χ0n) is 12.7. The molecule has 1 N–H and O–H groups in total. The first-order valence-corrected chi connectivity index (χ1v) is 7.41. The molecule has 0 aliphatic heterocycles. The number of imidazole rings is 1. The number of hydrogen-bond donors (Lipinski definition) is 1. The molecule has 4 nitrogen and oxygen atoms in total. The topological polar surface area (TPSA) is 46.0 Å². The van der Waals surface area contributed by atoms with E-state index in [0.717, 1.165) is 18.7 Å². The van der Waals surface area contributed by atoms with Crippen molar-refractivity contribution in [3.63, 3.8) is 0 Å². The van der Waals surface area contributed by atoms with Crippen molar-refractivity contribution in [2.24, 2.45) is 7.05 Å². The van der Waals surface area contributed by atoms with Crippen molar-refractivity contribution in [3.8, 4) is 0 Å². The van der Waals surface area contributed by atoms with Crippen LogP contribution >= 0.6 is 0 Å². The summed E-state index contributed by atoms with van der Waals surface area (Å²) >= 11 is 0. The van der Waals surface area contributed by atoms with Gasteiger partial charge in [-0.1, -0.05) is 45.4 Å². The Morgan fingerprint density at radius 1 is 1.20 bits per heavy atom. The molecule has 0 fully saturated rings. The van der Waals surface area contributed by atoms with Crippen molar-refractivity contribution >= 4 is 5.97 Å². The number of nitrogens with one attached hydrogen (secondary N) is 1. The predicted octanol–water partition coefficient (Wildman–Crippen LogP) is 0.0271. The molecule has 0 spiro atoms. The lowest BCUT2D eigenvalue weighted by Gasteiger charge is -2.02. The van der Waals surface area contributed by atoms with Gasteiger partial charge in [0.25, 0.3) is 5.82 Å². The molecule has 1 heterocycles. The molecule has 116 valence electrons. The molecule has 0 atom stereocenters. The van der Waals surface area contributed by atoms with Gasteiger partial charge in [-0.2, -0.15) is 0 Å². The quantitative estimate of drug-likeness (QED) is 0.369. The number of halogens is 1.